The summed E-state index contributed by atoms with van der Waals surface area (Å²) >= 11 is 2.38. The van der Waals surface area contributed by atoms with Crippen LogP contribution in [-0.2, 0) is 4.79 Å². The molecule has 0 bridgehead atoms. The fraction of sp³-hybridized carbons (Fsp3) is 0.667. The third-order valence-electron chi connectivity index (χ3n) is 2.26. The third kappa shape index (κ3) is 3.27. The highest BCUT2D eigenvalue weighted by atomic mass is 127. The topological polar surface area (TPSA) is 23.6 Å². The van der Waals surface area contributed by atoms with Crippen LogP contribution in [-0.4, -0.2) is 52.9 Å². The van der Waals surface area contributed by atoms with Crippen LogP contribution < -0.4 is 0 Å². The zero-order valence-electron chi connectivity index (χ0n) is 7.71. The highest BCUT2D eigenvalue weighted by molar-refractivity contribution is 14.1. The predicted octanol–water partition coefficient (Wildman–Crippen LogP) is 0.752. The lowest BCUT2D eigenvalue weighted by Crippen LogP contribution is -2.48. The van der Waals surface area contributed by atoms with E-state index in [9.17, 15) is 4.79 Å². The maximum absolute atomic E-state index is 11.2. The molecule has 0 radical (unpaired) electrons. The Morgan fingerprint density at radius 2 is 2.00 bits per heavy atom. The Hall–Kier alpha value is -0.100. The Bertz CT molecular complexity index is 188. The average Bonchev–Trinajstić information content (AvgIpc) is 2.18. The van der Waals surface area contributed by atoms with Crippen LogP contribution in [0.25, 0.3) is 0 Å². The molecular weight excluding hydrogens is 279 g/mol. The van der Waals surface area contributed by atoms with Crippen LogP contribution in [0.2, 0.25) is 0 Å². The van der Waals surface area contributed by atoms with E-state index in [0.717, 1.165) is 37.2 Å². The number of alkyl halides is 1. The van der Waals surface area contributed by atoms with E-state index in [2.05, 4.69) is 34.1 Å². The average molecular weight is 294 g/mol. The van der Waals surface area contributed by atoms with Crippen LogP contribution in [0.3, 0.4) is 0 Å². The molecule has 1 amide bonds. The van der Waals surface area contributed by atoms with Crippen LogP contribution in [0.15, 0.2) is 12.7 Å². The largest absolute Gasteiger partial charge is 0.337 e. The first-order chi connectivity index (χ1) is 6.27. The fourth-order valence-electron chi connectivity index (χ4n) is 1.44. The minimum Gasteiger partial charge on any atom is -0.337 e. The van der Waals surface area contributed by atoms with Gasteiger partial charge in [-0.25, -0.2) is 0 Å². The number of carbonyl (C=O) groups excluding carboxylic acids is 1. The van der Waals surface area contributed by atoms with Crippen molar-refractivity contribution in [1.82, 2.24) is 9.80 Å². The van der Waals surface area contributed by atoms with Crippen LogP contribution in [0.5, 0.6) is 0 Å². The van der Waals surface area contributed by atoms with Crippen molar-refractivity contribution < 1.29 is 4.79 Å². The molecule has 1 saturated heterocycles. The van der Waals surface area contributed by atoms with E-state index in [0.29, 0.717) is 0 Å². The summed E-state index contributed by atoms with van der Waals surface area (Å²) < 4.78 is 1.16. The molecule has 0 aromatic carbocycles. The van der Waals surface area contributed by atoms with Gasteiger partial charge < -0.3 is 4.90 Å². The first kappa shape index (κ1) is 11.0. The highest BCUT2D eigenvalue weighted by Crippen LogP contribution is 2.02. The summed E-state index contributed by atoms with van der Waals surface area (Å²) in [6, 6.07) is 0. The molecule has 1 rings (SSSR count). The monoisotopic (exact) mass is 294 g/mol. The normalized spacial score (nSPS) is 18.7. The molecule has 0 aliphatic carbocycles. The van der Waals surface area contributed by atoms with Gasteiger partial charge in [-0.1, -0.05) is 29.2 Å². The zero-order valence-corrected chi connectivity index (χ0v) is 9.87. The molecular formula is C9H15IN2O. The van der Waals surface area contributed by atoms with Crippen molar-refractivity contribution in [1.29, 1.82) is 0 Å². The summed E-state index contributed by atoms with van der Waals surface area (Å²) in [4.78, 5) is 15.5. The molecule has 0 aromatic rings. The highest BCUT2D eigenvalue weighted by Gasteiger charge is 2.18. The lowest BCUT2D eigenvalue weighted by molar-refractivity contribution is -0.127. The lowest BCUT2D eigenvalue weighted by Gasteiger charge is -2.33. The molecule has 1 fully saturated rings. The quantitative estimate of drug-likeness (QED) is 0.436. The van der Waals surface area contributed by atoms with Crippen LogP contribution >= 0.6 is 22.6 Å². The van der Waals surface area contributed by atoms with E-state index >= 15 is 0 Å². The van der Waals surface area contributed by atoms with E-state index in [-0.39, 0.29) is 5.91 Å². The van der Waals surface area contributed by atoms with Crippen LogP contribution in [0.1, 0.15) is 0 Å². The van der Waals surface area contributed by atoms with Gasteiger partial charge in [0.25, 0.3) is 0 Å². The van der Waals surface area contributed by atoms with Gasteiger partial charge in [0.05, 0.1) is 0 Å². The number of amides is 1. The van der Waals surface area contributed by atoms with Gasteiger partial charge in [-0.2, -0.15) is 0 Å². The molecule has 74 valence electrons. The minimum atomic E-state index is 0.0640. The molecule has 0 spiro atoms. The molecule has 0 saturated carbocycles. The van der Waals surface area contributed by atoms with Gasteiger partial charge in [0, 0.05) is 37.2 Å². The van der Waals surface area contributed by atoms with Gasteiger partial charge in [0.15, 0.2) is 0 Å². The number of piperazine rings is 1. The second kappa shape index (κ2) is 5.59. The molecule has 4 heteroatoms. The Balaban J connectivity index is 2.30. The maximum atomic E-state index is 11.2. The summed E-state index contributed by atoms with van der Waals surface area (Å²) in [5.74, 6) is 0.0640. The summed E-state index contributed by atoms with van der Waals surface area (Å²) in [6.07, 6.45) is 1.40. The SMILES string of the molecule is C=CC(=O)N1CCN(CCI)CC1. The zero-order chi connectivity index (χ0) is 9.68. The standard InChI is InChI=1S/C9H15IN2O/c1-2-9(13)12-7-5-11(4-3-10)6-8-12/h2H,1,3-8H2. The fourth-order valence-corrected chi connectivity index (χ4v) is 2.12. The van der Waals surface area contributed by atoms with Gasteiger partial charge in [0.1, 0.15) is 0 Å². The van der Waals surface area contributed by atoms with Crippen molar-refractivity contribution in [3.63, 3.8) is 0 Å². The number of rotatable bonds is 3. The Kier molecular flexibility index (Phi) is 4.72. The number of halogens is 1. The van der Waals surface area contributed by atoms with Gasteiger partial charge in [0.2, 0.25) is 5.91 Å². The summed E-state index contributed by atoms with van der Waals surface area (Å²) in [5.41, 5.74) is 0. The van der Waals surface area contributed by atoms with E-state index in [1.165, 1.54) is 6.08 Å². The molecule has 13 heavy (non-hydrogen) atoms. The summed E-state index contributed by atoms with van der Waals surface area (Å²) in [6.45, 7) is 8.32. The van der Waals surface area contributed by atoms with Gasteiger partial charge >= 0.3 is 0 Å². The van der Waals surface area contributed by atoms with E-state index < -0.39 is 0 Å². The number of hydrogen-bond donors (Lipinski definition) is 0. The lowest BCUT2D eigenvalue weighted by atomic mass is 10.3. The minimum absolute atomic E-state index is 0.0640. The molecule has 0 atom stereocenters. The van der Waals surface area contributed by atoms with Crippen molar-refractivity contribution in [2.24, 2.45) is 0 Å². The maximum Gasteiger partial charge on any atom is 0.246 e. The van der Waals surface area contributed by atoms with Crippen molar-refractivity contribution in [2.45, 2.75) is 0 Å². The number of hydrogen-bond acceptors (Lipinski definition) is 2. The van der Waals surface area contributed by atoms with E-state index in [4.69, 9.17) is 0 Å². The molecule has 0 N–H and O–H groups in total. The second-order valence-corrected chi connectivity index (χ2v) is 4.14. The van der Waals surface area contributed by atoms with Crippen molar-refractivity contribution in [3.8, 4) is 0 Å². The first-order valence-electron chi connectivity index (χ1n) is 4.47. The number of carbonyl (C=O) groups is 1. The van der Waals surface area contributed by atoms with Crippen molar-refractivity contribution in [3.05, 3.63) is 12.7 Å². The molecule has 1 aliphatic heterocycles. The van der Waals surface area contributed by atoms with Gasteiger partial charge in [-0.05, 0) is 6.08 Å². The van der Waals surface area contributed by atoms with Crippen molar-refractivity contribution in [2.75, 3.05) is 37.2 Å². The molecule has 0 unspecified atom stereocenters. The van der Waals surface area contributed by atoms with Crippen molar-refractivity contribution >= 4 is 28.5 Å². The molecule has 1 heterocycles. The van der Waals surface area contributed by atoms with Gasteiger partial charge in [-0.3, -0.25) is 9.69 Å². The van der Waals surface area contributed by atoms with E-state index in [1.54, 1.807) is 0 Å². The van der Waals surface area contributed by atoms with Gasteiger partial charge in [-0.15, -0.1) is 0 Å². The predicted molar refractivity (Wildman–Crippen MR) is 62.1 cm³/mol. The Labute approximate surface area is 92.9 Å². The third-order valence-corrected chi connectivity index (χ3v) is 2.74. The van der Waals surface area contributed by atoms with E-state index in [1.807, 2.05) is 4.90 Å². The number of nitrogens with zero attached hydrogens (tertiary/aromatic N) is 2. The second-order valence-electron chi connectivity index (χ2n) is 3.06. The molecule has 1 aliphatic rings. The molecule has 0 aromatic heterocycles. The Morgan fingerprint density at radius 1 is 1.38 bits per heavy atom. The first-order valence-corrected chi connectivity index (χ1v) is 6.00. The smallest absolute Gasteiger partial charge is 0.246 e. The van der Waals surface area contributed by atoms with Crippen LogP contribution in [0.4, 0.5) is 0 Å². The summed E-state index contributed by atoms with van der Waals surface area (Å²) in [7, 11) is 0. The Morgan fingerprint density at radius 3 is 2.46 bits per heavy atom. The molecule has 3 nitrogen and oxygen atoms in total. The van der Waals surface area contributed by atoms with Crippen LogP contribution in [0, 0.1) is 0 Å². The summed E-state index contributed by atoms with van der Waals surface area (Å²) in [5, 5.41) is 0.